The highest BCUT2D eigenvalue weighted by atomic mass is 16.1. The molecule has 1 aromatic carbocycles. The fourth-order valence-corrected chi connectivity index (χ4v) is 3.79. The van der Waals surface area contributed by atoms with Gasteiger partial charge in [0.25, 0.3) is 5.91 Å². The molecule has 1 unspecified atom stereocenters. The first kappa shape index (κ1) is 19.9. The van der Waals surface area contributed by atoms with E-state index in [0.29, 0.717) is 30.2 Å². The van der Waals surface area contributed by atoms with Crippen molar-refractivity contribution in [2.45, 2.75) is 19.8 Å². The molecule has 0 fully saturated rings. The highest BCUT2D eigenvalue weighted by molar-refractivity contribution is 5.93. The van der Waals surface area contributed by atoms with Gasteiger partial charge in [-0.25, -0.2) is 14.5 Å². The molecule has 2 N–H and O–H groups in total. The number of fused-ring (bicyclic) bond motifs is 1. The van der Waals surface area contributed by atoms with Gasteiger partial charge in [0.2, 0.25) is 0 Å². The molecule has 0 spiro atoms. The van der Waals surface area contributed by atoms with E-state index in [9.17, 15) is 4.79 Å². The summed E-state index contributed by atoms with van der Waals surface area (Å²) in [6.07, 6.45) is 11.6. The Bertz CT molecular complexity index is 1300. The van der Waals surface area contributed by atoms with Crippen LogP contribution in [-0.4, -0.2) is 37.0 Å². The summed E-state index contributed by atoms with van der Waals surface area (Å²) >= 11 is 0. The van der Waals surface area contributed by atoms with E-state index in [2.05, 4.69) is 45.5 Å². The molecule has 0 radical (unpaired) electrons. The molecule has 1 amide bonds. The first-order valence-electron chi connectivity index (χ1n) is 10.8. The molecule has 0 aliphatic heterocycles. The molecule has 5 rings (SSSR count). The maximum atomic E-state index is 12.7. The predicted molar refractivity (Wildman–Crippen MR) is 124 cm³/mol. The Morgan fingerprint density at radius 1 is 1.25 bits per heavy atom. The summed E-state index contributed by atoms with van der Waals surface area (Å²) in [5.41, 5.74) is 5.78. The molecule has 1 atom stereocenters. The summed E-state index contributed by atoms with van der Waals surface area (Å²) in [5.74, 6) is 0.306. The van der Waals surface area contributed by atoms with Crippen LogP contribution in [0, 0.1) is 5.92 Å². The number of carbonyl (C=O) groups is 1. The molecular weight excluding hydrogens is 400 g/mol. The van der Waals surface area contributed by atoms with E-state index in [1.165, 1.54) is 0 Å². The fraction of sp³-hybridized carbons (Fsp3) is 0.200. The van der Waals surface area contributed by atoms with Gasteiger partial charge in [0.15, 0.2) is 11.3 Å². The number of rotatable bonds is 6. The number of carbonyl (C=O) groups excluding carboxylic acids is 1. The number of amides is 1. The lowest BCUT2D eigenvalue weighted by Crippen LogP contribution is -2.26. The van der Waals surface area contributed by atoms with Crippen LogP contribution in [0.3, 0.4) is 0 Å². The van der Waals surface area contributed by atoms with E-state index in [-0.39, 0.29) is 5.91 Å². The highest BCUT2D eigenvalue weighted by Gasteiger charge is 2.17. The summed E-state index contributed by atoms with van der Waals surface area (Å²) in [6.45, 7) is 2.68. The Balaban J connectivity index is 1.49. The number of imidazole rings is 1. The molecule has 0 saturated carbocycles. The molecule has 4 aromatic rings. The lowest BCUT2D eigenvalue weighted by molar-refractivity contribution is 0.0949. The average molecular weight is 425 g/mol. The van der Waals surface area contributed by atoms with Gasteiger partial charge in [-0.3, -0.25) is 4.79 Å². The Hall–Kier alpha value is -4.00. The molecule has 32 heavy (non-hydrogen) atoms. The molecule has 160 valence electrons. The van der Waals surface area contributed by atoms with Crippen molar-refractivity contribution in [1.82, 2.24) is 29.9 Å². The van der Waals surface area contributed by atoms with Crippen molar-refractivity contribution < 1.29 is 4.79 Å². The number of nitrogens with zero attached hydrogens (tertiary/aromatic N) is 4. The molecular formula is C25H24N6O. The smallest absolute Gasteiger partial charge is 0.271 e. The summed E-state index contributed by atoms with van der Waals surface area (Å²) in [6, 6.07) is 13.8. The topological polar surface area (TPSA) is 88.0 Å². The lowest BCUT2D eigenvalue weighted by atomic mass is 9.96. The molecule has 1 aliphatic carbocycles. The van der Waals surface area contributed by atoms with Crippen LogP contribution in [0.4, 0.5) is 0 Å². The van der Waals surface area contributed by atoms with Gasteiger partial charge in [-0.2, -0.15) is 5.10 Å². The van der Waals surface area contributed by atoms with Crippen LogP contribution in [0.1, 0.15) is 35.2 Å². The van der Waals surface area contributed by atoms with Crippen molar-refractivity contribution in [3.63, 3.8) is 0 Å². The van der Waals surface area contributed by atoms with Crippen LogP contribution in [0.25, 0.3) is 22.5 Å². The molecule has 7 heteroatoms. The van der Waals surface area contributed by atoms with Crippen molar-refractivity contribution in [2.24, 2.45) is 5.92 Å². The Kier molecular flexibility index (Phi) is 5.37. The normalized spacial score (nSPS) is 15.7. The quantitative estimate of drug-likeness (QED) is 0.488. The third kappa shape index (κ3) is 4.09. The van der Waals surface area contributed by atoms with Crippen LogP contribution in [0.15, 0.2) is 73.2 Å². The van der Waals surface area contributed by atoms with Crippen LogP contribution in [0.5, 0.6) is 0 Å². The van der Waals surface area contributed by atoms with Crippen molar-refractivity contribution in [2.75, 3.05) is 6.54 Å². The summed E-state index contributed by atoms with van der Waals surface area (Å²) in [7, 11) is 0. The fourth-order valence-electron chi connectivity index (χ4n) is 3.79. The number of hydrogen-bond donors (Lipinski definition) is 2. The largest absolute Gasteiger partial charge is 0.351 e. The highest BCUT2D eigenvalue weighted by Crippen LogP contribution is 2.28. The number of benzene rings is 1. The van der Waals surface area contributed by atoms with Gasteiger partial charge in [-0.15, -0.1) is 0 Å². The van der Waals surface area contributed by atoms with Gasteiger partial charge in [0.05, 0.1) is 23.4 Å². The summed E-state index contributed by atoms with van der Waals surface area (Å²) in [5, 5.41) is 7.51. The molecule has 0 bridgehead atoms. The van der Waals surface area contributed by atoms with E-state index in [4.69, 9.17) is 4.98 Å². The number of nitrogens with one attached hydrogen (secondary N) is 2. The predicted octanol–water partition coefficient (Wildman–Crippen LogP) is 4.07. The van der Waals surface area contributed by atoms with Gasteiger partial charge >= 0.3 is 0 Å². The van der Waals surface area contributed by atoms with Gasteiger partial charge in [-0.05, 0) is 24.0 Å². The first-order chi connectivity index (χ1) is 15.7. The first-order valence-corrected chi connectivity index (χ1v) is 10.8. The monoisotopic (exact) mass is 424 g/mol. The zero-order valence-electron chi connectivity index (χ0n) is 17.8. The van der Waals surface area contributed by atoms with Gasteiger partial charge in [-0.1, -0.05) is 55.5 Å². The third-order valence-electron chi connectivity index (χ3n) is 5.56. The minimum absolute atomic E-state index is 0.225. The maximum absolute atomic E-state index is 12.7. The number of H-pyrrole nitrogens is 1. The van der Waals surface area contributed by atoms with Crippen molar-refractivity contribution in [3.05, 3.63) is 90.3 Å². The molecule has 3 aromatic heterocycles. The third-order valence-corrected chi connectivity index (χ3v) is 5.56. The van der Waals surface area contributed by atoms with E-state index in [1.807, 2.05) is 42.6 Å². The second-order valence-electron chi connectivity index (χ2n) is 7.99. The Morgan fingerprint density at radius 3 is 2.88 bits per heavy atom. The van der Waals surface area contributed by atoms with E-state index >= 15 is 0 Å². The molecule has 3 heterocycles. The number of allylic oxidation sites excluding steroid dienone is 4. The Labute approximate surface area is 185 Å². The van der Waals surface area contributed by atoms with Crippen molar-refractivity contribution >= 4 is 17.1 Å². The molecule has 7 nitrogen and oxygen atoms in total. The number of aromatic amines is 1. The Morgan fingerprint density at radius 2 is 2.12 bits per heavy atom. The van der Waals surface area contributed by atoms with Gasteiger partial charge < -0.3 is 10.3 Å². The van der Waals surface area contributed by atoms with Crippen LogP contribution in [-0.2, 0) is 6.42 Å². The van der Waals surface area contributed by atoms with Crippen LogP contribution >= 0.6 is 0 Å². The van der Waals surface area contributed by atoms with Crippen LogP contribution in [0.2, 0.25) is 0 Å². The van der Waals surface area contributed by atoms with Gasteiger partial charge in [0, 0.05) is 30.8 Å². The summed E-state index contributed by atoms with van der Waals surface area (Å²) in [4.78, 5) is 24.7. The van der Waals surface area contributed by atoms with Crippen LogP contribution < -0.4 is 5.32 Å². The molecule has 0 saturated heterocycles. The molecule has 1 aliphatic rings. The maximum Gasteiger partial charge on any atom is 0.271 e. The standard InChI is InChI=1S/C25H24N6O/c1-17-7-9-18(10-8-17)21-13-23(19-5-3-2-4-6-19)31-24(29-21)14-22(30-31)25(32)27-12-11-20-15-26-16-28-20/h2-7,9-10,13-17H,8,11-12H2,1H3,(H,26,28)(H,27,32). The lowest BCUT2D eigenvalue weighted by Gasteiger charge is -2.13. The number of hydrogen-bond acceptors (Lipinski definition) is 4. The van der Waals surface area contributed by atoms with Crippen molar-refractivity contribution in [1.29, 1.82) is 0 Å². The van der Waals surface area contributed by atoms with E-state index in [0.717, 1.165) is 34.6 Å². The second-order valence-corrected chi connectivity index (χ2v) is 7.99. The summed E-state index contributed by atoms with van der Waals surface area (Å²) < 4.78 is 1.75. The zero-order valence-corrected chi connectivity index (χ0v) is 17.8. The van der Waals surface area contributed by atoms with E-state index < -0.39 is 0 Å². The van der Waals surface area contributed by atoms with Crippen molar-refractivity contribution in [3.8, 4) is 11.3 Å². The minimum Gasteiger partial charge on any atom is -0.351 e. The zero-order chi connectivity index (χ0) is 21.9. The van der Waals surface area contributed by atoms with E-state index in [1.54, 1.807) is 16.9 Å². The van der Waals surface area contributed by atoms with Gasteiger partial charge in [0.1, 0.15) is 0 Å². The minimum atomic E-state index is -0.225. The second kappa shape index (κ2) is 8.63. The average Bonchev–Trinajstić information content (AvgIpc) is 3.49. The SMILES string of the molecule is CC1C=CC(c2cc(-c3ccccc3)n3nc(C(=O)NCCc4c[nH]cn4)cc3n2)=CC1. The number of aromatic nitrogens is 5.